The number of likely N-dealkylation sites (N-methyl/N-ethyl adjacent to an activating group) is 1. The number of nitrogens with one attached hydrogen (secondary N) is 2. The van der Waals surface area contributed by atoms with E-state index in [4.69, 9.17) is 0 Å². The molecule has 14 heavy (non-hydrogen) atoms. The Hall–Kier alpha value is -0.870. The summed E-state index contributed by atoms with van der Waals surface area (Å²) < 4.78 is 0. The van der Waals surface area contributed by atoms with E-state index in [1.807, 2.05) is 27.0 Å². The van der Waals surface area contributed by atoms with Crippen LogP contribution in [0, 0.1) is 13.8 Å². The Morgan fingerprint density at radius 2 is 2.14 bits per heavy atom. The molecule has 0 radical (unpaired) electrons. The highest BCUT2D eigenvalue weighted by molar-refractivity contribution is 7.14. The van der Waals surface area contributed by atoms with Crippen molar-refractivity contribution in [3.63, 3.8) is 0 Å². The molecule has 78 valence electrons. The smallest absolute Gasteiger partial charge is 0.261 e. The first kappa shape index (κ1) is 11.2. The highest BCUT2D eigenvalue weighted by atomic mass is 32.1. The molecule has 3 nitrogen and oxygen atoms in total. The van der Waals surface area contributed by atoms with E-state index in [0.29, 0.717) is 6.54 Å². The Labute approximate surface area is 88.5 Å². The minimum atomic E-state index is 0.0291. The standard InChI is InChI=1S/C10H16N2OS/c1-7-6-9(14-8(7)2)10(13)12-5-4-11-3/h6,11H,4-5H2,1-3H3,(H,12,13). The normalized spacial score (nSPS) is 10.2. The first-order valence-corrected chi connectivity index (χ1v) is 5.46. The molecule has 1 amide bonds. The van der Waals surface area contributed by atoms with Gasteiger partial charge in [-0.3, -0.25) is 4.79 Å². The largest absolute Gasteiger partial charge is 0.350 e. The van der Waals surface area contributed by atoms with Crippen LogP contribution in [-0.4, -0.2) is 26.0 Å². The van der Waals surface area contributed by atoms with Crippen molar-refractivity contribution in [2.45, 2.75) is 13.8 Å². The Kier molecular flexibility index (Phi) is 4.10. The lowest BCUT2D eigenvalue weighted by Crippen LogP contribution is -2.29. The molecule has 1 aromatic heterocycles. The fraction of sp³-hybridized carbons (Fsp3) is 0.500. The van der Waals surface area contributed by atoms with Crippen molar-refractivity contribution in [3.05, 3.63) is 21.4 Å². The molecule has 1 rings (SSSR count). The lowest BCUT2D eigenvalue weighted by molar-refractivity contribution is 0.0958. The topological polar surface area (TPSA) is 41.1 Å². The second-order valence-electron chi connectivity index (χ2n) is 3.21. The van der Waals surface area contributed by atoms with Gasteiger partial charge >= 0.3 is 0 Å². The van der Waals surface area contributed by atoms with Gasteiger partial charge in [-0.15, -0.1) is 11.3 Å². The zero-order chi connectivity index (χ0) is 10.6. The summed E-state index contributed by atoms with van der Waals surface area (Å²) in [6.07, 6.45) is 0. The maximum Gasteiger partial charge on any atom is 0.261 e. The van der Waals surface area contributed by atoms with E-state index >= 15 is 0 Å². The number of carbonyl (C=O) groups excluding carboxylic acids is 1. The third-order valence-electron chi connectivity index (χ3n) is 2.05. The molecule has 4 heteroatoms. The van der Waals surface area contributed by atoms with E-state index < -0.39 is 0 Å². The van der Waals surface area contributed by atoms with Gasteiger partial charge in [0, 0.05) is 18.0 Å². The first-order valence-electron chi connectivity index (χ1n) is 4.65. The van der Waals surface area contributed by atoms with E-state index in [1.54, 1.807) is 11.3 Å². The third-order valence-corrected chi connectivity index (χ3v) is 3.20. The van der Waals surface area contributed by atoms with Gasteiger partial charge in [-0.25, -0.2) is 0 Å². The minimum absolute atomic E-state index is 0.0291. The fourth-order valence-corrected chi connectivity index (χ4v) is 2.02. The van der Waals surface area contributed by atoms with E-state index in [-0.39, 0.29) is 5.91 Å². The van der Waals surface area contributed by atoms with Gasteiger partial charge < -0.3 is 10.6 Å². The quantitative estimate of drug-likeness (QED) is 0.739. The summed E-state index contributed by atoms with van der Waals surface area (Å²) in [5.74, 6) is 0.0291. The predicted octanol–water partition coefficient (Wildman–Crippen LogP) is 1.31. The van der Waals surface area contributed by atoms with Gasteiger partial charge in [0.25, 0.3) is 5.91 Å². The average molecular weight is 212 g/mol. The van der Waals surface area contributed by atoms with Gasteiger partial charge in [0.15, 0.2) is 0 Å². The number of hydrogen-bond acceptors (Lipinski definition) is 3. The maximum atomic E-state index is 11.6. The van der Waals surface area contributed by atoms with Crippen molar-refractivity contribution < 1.29 is 4.79 Å². The molecular formula is C10H16N2OS. The van der Waals surface area contributed by atoms with E-state index in [9.17, 15) is 4.79 Å². The first-order chi connectivity index (χ1) is 6.65. The summed E-state index contributed by atoms with van der Waals surface area (Å²) in [5.41, 5.74) is 1.19. The zero-order valence-electron chi connectivity index (χ0n) is 8.81. The van der Waals surface area contributed by atoms with E-state index in [1.165, 1.54) is 10.4 Å². The van der Waals surface area contributed by atoms with Crippen molar-refractivity contribution in [2.75, 3.05) is 20.1 Å². The Morgan fingerprint density at radius 3 is 2.64 bits per heavy atom. The molecule has 0 aromatic carbocycles. The van der Waals surface area contributed by atoms with Crippen molar-refractivity contribution >= 4 is 17.2 Å². The van der Waals surface area contributed by atoms with Crippen LogP contribution >= 0.6 is 11.3 Å². The minimum Gasteiger partial charge on any atom is -0.350 e. The second kappa shape index (κ2) is 5.12. The Bertz CT molecular complexity index is 300. The molecule has 0 aliphatic rings. The average Bonchev–Trinajstić information content (AvgIpc) is 2.47. The number of aryl methyl sites for hydroxylation is 2. The number of amides is 1. The van der Waals surface area contributed by atoms with Gasteiger partial charge in [-0.05, 0) is 32.5 Å². The van der Waals surface area contributed by atoms with Crippen LogP contribution in [-0.2, 0) is 0 Å². The maximum absolute atomic E-state index is 11.6. The summed E-state index contributed by atoms with van der Waals surface area (Å²) in [5, 5.41) is 5.83. The summed E-state index contributed by atoms with van der Waals surface area (Å²) >= 11 is 1.55. The van der Waals surface area contributed by atoms with Crippen LogP contribution in [0.5, 0.6) is 0 Å². The lowest BCUT2D eigenvalue weighted by Gasteiger charge is -2.01. The van der Waals surface area contributed by atoms with Gasteiger partial charge in [0.05, 0.1) is 4.88 Å². The number of hydrogen-bond donors (Lipinski definition) is 2. The molecule has 0 aliphatic heterocycles. The molecular weight excluding hydrogens is 196 g/mol. The summed E-state index contributed by atoms with van der Waals surface area (Å²) in [6.45, 7) is 5.53. The molecule has 1 heterocycles. The summed E-state index contributed by atoms with van der Waals surface area (Å²) in [4.78, 5) is 13.6. The van der Waals surface area contributed by atoms with Crippen LogP contribution in [0.2, 0.25) is 0 Å². The molecule has 2 N–H and O–H groups in total. The number of rotatable bonds is 4. The molecule has 1 aromatic rings. The monoisotopic (exact) mass is 212 g/mol. The highest BCUT2D eigenvalue weighted by Gasteiger charge is 2.08. The predicted molar refractivity (Wildman–Crippen MR) is 60.1 cm³/mol. The molecule has 0 atom stereocenters. The van der Waals surface area contributed by atoms with Crippen molar-refractivity contribution in [3.8, 4) is 0 Å². The number of thiophene rings is 1. The molecule has 0 saturated carbocycles. The summed E-state index contributed by atoms with van der Waals surface area (Å²) in [7, 11) is 1.87. The second-order valence-corrected chi connectivity index (χ2v) is 4.47. The molecule has 0 spiro atoms. The van der Waals surface area contributed by atoms with Crippen LogP contribution in [0.4, 0.5) is 0 Å². The molecule has 0 aliphatic carbocycles. The van der Waals surface area contributed by atoms with Gasteiger partial charge in [-0.2, -0.15) is 0 Å². The van der Waals surface area contributed by atoms with Crippen LogP contribution in [0.3, 0.4) is 0 Å². The fourth-order valence-electron chi connectivity index (χ4n) is 1.07. The van der Waals surface area contributed by atoms with Gasteiger partial charge in [0.2, 0.25) is 0 Å². The van der Waals surface area contributed by atoms with Crippen LogP contribution < -0.4 is 10.6 Å². The molecule has 0 unspecified atom stereocenters. The number of carbonyl (C=O) groups is 1. The van der Waals surface area contributed by atoms with Crippen molar-refractivity contribution in [1.82, 2.24) is 10.6 Å². The SMILES string of the molecule is CNCCNC(=O)c1cc(C)c(C)s1. The van der Waals surface area contributed by atoms with Gasteiger partial charge in [0.1, 0.15) is 0 Å². The van der Waals surface area contributed by atoms with E-state index in [2.05, 4.69) is 10.6 Å². The summed E-state index contributed by atoms with van der Waals surface area (Å²) in [6, 6.07) is 1.94. The highest BCUT2D eigenvalue weighted by Crippen LogP contribution is 2.20. The van der Waals surface area contributed by atoms with E-state index in [0.717, 1.165) is 11.4 Å². The third kappa shape index (κ3) is 2.82. The zero-order valence-corrected chi connectivity index (χ0v) is 9.62. The van der Waals surface area contributed by atoms with Crippen LogP contribution in [0.1, 0.15) is 20.1 Å². The van der Waals surface area contributed by atoms with Crippen molar-refractivity contribution in [2.24, 2.45) is 0 Å². The Balaban J connectivity index is 2.52. The molecule has 0 fully saturated rings. The Morgan fingerprint density at radius 1 is 1.43 bits per heavy atom. The molecule has 0 bridgehead atoms. The van der Waals surface area contributed by atoms with Crippen molar-refractivity contribution in [1.29, 1.82) is 0 Å². The van der Waals surface area contributed by atoms with Gasteiger partial charge in [-0.1, -0.05) is 0 Å². The van der Waals surface area contributed by atoms with Crippen LogP contribution in [0.15, 0.2) is 6.07 Å². The lowest BCUT2D eigenvalue weighted by atomic mass is 10.3. The van der Waals surface area contributed by atoms with Crippen LogP contribution in [0.25, 0.3) is 0 Å². The molecule has 0 saturated heterocycles.